The van der Waals surface area contributed by atoms with Gasteiger partial charge in [-0.05, 0) is 58.4 Å². The minimum absolute atomic E-state index is 0.644. The summed E-state index contributed by atoms with van der Waals surface area (Å²) in [7, 11) is 0. The van der Waals surface area contributed by atoms with Crippen LogP contribution in [0.4, 0.5) is 0 Å². The number of allylic oxidation sites excluding steroid dienone is 3. The molecule has 1 atom stereocenters. The van der Waals surface area contributed by atoms with Crippen molar-refractivity contribution < 1.29 is 5.11 Å². The molecule has 0 unspecified atom stereocenters. The van der Waals surface area contributed by atoms with Gasteiger partial charge in [-0.25, -0.2) is 0 Å². The predicted octanol–water partition coefficient (Wildman–Crippen LogP) is 4.15. The highest BCUT2D eigenvalue weighted by Gasteiger charge is 2.30. The van der Waals surface area contributed by atoms with Crippen molar-refractivity contribution in [2.75, 3.05) is 0 Å². The first-order chi connectivity index (χ1) is 7.44. The van der Waals surface area contributed by atoms with E-state index < -0.39 is 5.60 Å². The fourth-order valence-corrected chi connectivity index (χ4v) is 2.04. The van der Waals surface area contributed by atoms with E-state index in [2.05, 4.69) is 39.5 Å². The standard InChI is InChI=1S/C15H24O/c1-12(2)6-5-7-14(4)15(16)10-8-13(3)9-11-15/h6,8,16H,4-5,7,9-11H2,1-3H3/t15-/m1/s1. The molecule has 0 bridgehead atoms. The molecule has 0 heterocycles. The monoisotopic (exact) mass is 220 g/mol. The Labute approximate surface area is 99.6 Å². The number of aliphatic hydroxyl groups is 1. The molecule has 0 saturated carbocycles. The van der Waals surface area contributed by atoms with Gasteiger partial charge in [0.1, 0.15) is 0 Å². The summed E-state index contributed by atoms with van der Waals surface area (Å²) in [6, 6.07) is 0. The van der Waals surface area contributed by atoms with E-state index in [1.807, 2.05) is 0 Å². The fraction of sp³-hybridized carbons (Fsp3) is 0.600. The summed E-state index contributed by atoms with van der Waals surface area (Å²) >= 11 is 0. The van der Waals surface area contributed by atoms with Crippen molar-refractivity contribution in [1.29, 1.82) is 0 Å². The highest BCUT2D eigenvalue weighted by atomic mass is 16.3. The van der Waals surface area contributed by atoms with Gasteiger partial charge >= 0.3 is 0 Å². The van der Waals surface area contributed by atoms with Gasteiger partial charge in [-0.1, -0.05) is 29.9 Å². The van der Waals surface area contributed by atoms with Gasteiger partial charge in [-0.15, -0.1) is 0 Å². The van der Waals surface area contributed by atoms with E-state index in [0.29, 0.717) is 0 Å². The molecule has 1 N–H and O–H groups in total. The van der Waals surface area contributed by atoms with Gasteiger partial charge in [0.25, 0.3) is 0 Å². The van der Waals surface area contributed by atoms with Crippen LogP contribution in [0, 0.1) is 0 Å². The lowest BCUT2D eigenvalue weighted by Crippen LogP contribution is -2.32. The first-order valence-electron chi connectivity index (χ1n) is 6.14. The fourth-order valence-electron chi connectivity index (χ4n) is 2.04. The van der Waals surface area contributed by atoms with Gasteiger partial charge in [0.2, 0.25) is 0 Å². The minimum atomic E-state index is -0.644. The van der Waals surface area contributed by atoms with E-state index in [1.165, 1.54) is 11.1 Å². The van der Waals surface area contributed by atoms with Crippen LogP contribution >= 0.6 is 0 Å². The molecule has 0 amide bonds. The molecule has 0 aromatic carbocycles. The molecule has 1 rings (SSSR count). The molecule has 0 aromatic rings. The van der Waals surface area contributed by atoms with Crippen LogP contribution in [-0.4, -0.2) is 10.7 Å². The molecule has 1 heteroatoms. The smallest absolute Gasteiger partial charge is 0.0891 e. The maximum atomic E-state index is 10.5. The van der Waals surface area contributed by atoms with Crippen molar-refractivity contribution >= 4 is 0 Å². The summed E-state index contributed by atoms with van der Waals surface area (Å²) in [5.74, 6) is 0. The van der Waals surface area contributed by atoms with E-state index >= 15 is 0 Å². The summed E-state index contributed by atoms with van der Waals surface area (Å²) in [4.78, 5) is 0. The average molecular weight is 220 g/mol. The van der Waals surface area contributed by atoms with Crippen LogP contribution in [0.2, 0.25) is 0 Å². The van der Waals surface area contributed by atoms with Crippen LogP contribution in [0.3, 0.4) is 0 Å². The quantitative estimate of drug-likeness (QED) is 0.706. The maximum Gasteiger partial charge on any atom is 0.0891 e. The van der Waals surface area contributed by atoms with Crippen molar-refractivity contribution in [3.05, 3.63) is 35.5 Å². The molecule has 1 aliphatic rings. The molecule has 90 valence electrons. The molecular formula is C15H24O. The molecule has 0 saturated heterocycles. The first kappa shape index (κ1) is 13.2. The van der Waals surface area contributed by atoms with Gasteiger partial charge in [-0.2, -0.15) is 0 Å². The third kappa shape index (κ3) is 3.64. The minimum Gasteiger partial charge on any atom is -0.385 e. The van der Waals surface area contributed by atoms with Crippen molar-refractivity contribution in [3.8, 4) is 0 Å². The molecule has 0 aromatic heterocycles. The zero-order valence-electron chi connectivity index (χ0n) is 10.8. The number of rotatable bonds is 4. The number of hydrogen-bond donors (Lipinski definition) is 1. The molecule has 1 aliphatic carbocycles. The molecule has 0 spiro atoms. The lowest BCUT2D eigenvalue weighted by molar-refractivity contribution is 0.0645. The third-order valence-corrected chi connectivity index (χ3v) is 3.38. The summed E-state index contributed by atoms with van der Waals surface area (Å²) in [6.07, 6.45) is 8.82. The second-order valence-electron chi connectivity index (χ2n) is 5.21. The van der Waals surface area contributed by atoms with Gasteiger partial charge in [0.15, 0.2) is 0 Å². The summed E-state index contributed by atoms with van der Waals surface area (Å²) in [5, 5.41) is 10.5. The molecular weight excluding hydrogens is 196 g/mol. The Morgan fingerprint density at radius 2 is 2.25 bits per heavy atom. The Hall–Kier alpha value is -0.820. The first-order valence-corrected chi connectivity index (χ1v) is 6.14. The Balaban J connectivity index is 2.51. The van der Waals surface area contributed by atoms with E-state index in [1.54, 1.807) is 0 Å². The van der Waals surface area contributed by atoms with Crippen LogP contribution in [0.25, 0.3) is 0 Å². The highest BCUT2D eigenvalue weighted by Crippen LogP contribution is 2.34. The normalized spacial score (nSPS) is 24.9. The Bertz CT molecular complexity index is 318. The maximum absolute atomic E-state index is 10.5. The van der Waals surface area contributed by atoms with Gasteiger partial charge in [0.05, 0.1) is 5.60 Å². The third-order valence-electron chi connectivity index (χ3n) is 3.38. The molecule has 1 nitrogen and oxygen atoms in total. The van der Waals surface area contributed by atoms with Crippen LogP contribution in [0.1, 0.15) is 52.9 Å². The summed E-state index contributed by atoms with van der Waals surface area (Å²) < 4.78 is 0. The van der Waals surface area contributed by atoms with Crippen molar-refractivity contribution in [3.63, 3.8) is 0 Å². The predicted molar refractivity (Wildman–Crippen MR) is 70.4 cm³/mol. The zero-order chi connectivity index (χ0) is 12.2. The van der Waals surface area contributed by atoms with Crippen LogP contribution in [0.5, 0.6) is 0 Å². The van der Waals surface area contributed by atoms with Crippen LogP contribution in [0.15, 0.2) is 35.5 Å². The topological polar surface area (TPSA) is 20.2 Å². The zero-order valence-corrected chi connectivity index (χ0v) is 10.8. The highest BCUT2D eigenvalue weighted by molar-refractivity contribution is 5.21. The lowest BCUT2D eigenvalue weighted by Gasteiger charge is -2.33. The Morgan fingerprint density at radius 1 is 1.56 bits per heavy atom. The van der Waals surface area contributed by atoms with Gasteiger partial charge in [-0.3, -0.25) is 0 Å². The molecule has 0 radical (unpaired) electrons. The van der Waals surface area contributed by atoms with E-state index in [4.69, 9.17) is 0 Å². The molecule has 0 fully saturated rings. The largest absolute Gasteiger partial charge is 0.385 e. The number of hydrogen-bond acceptors (Lipinski definition) is 1. The van der Waals surface area contributed by atoms with Crippen molar-refractivity contribution in [2.24, 2.45) is 0 Å². The Morgan fingerprint density at radius 3 is 2.75 bits per heavy atom. The molecule has 16 heavy (non-hydrogen) atoms. The molecule has 0 aliphatic heterocycles. The van der Waals surface area contributed by atoms with Crippen LogP contribution in [-0.2, 0) is 0 Å². The van der Waals surface area contributed by atoms with E-state index in [9.17, 15) is 5.11 Å². The van der Waals surface area contributed by atoms with Crippen molar-refractivity contribution in [2.45, 2.75) is 58.5 Å². The van der Waals surface area contributed by atoms with Crippen molar-refractivity contribution in [1.82, 2.24) is 0 Å². The average Bonchev–Trinajstić information content (AvgIpc) is 2.22. The van der Waals surface area contributed by atoms with Gasteiger partial charge in [0, 0.05) is 0 Å². The van der Waals surface area contributed by atoms with Gasteiger partial charge < -0.3 is 5.11 Å². The second kappa shape index (κ2) is 5.49. The van der Waals surface area contributed by atoms with Crippen LogP contribution < -0.4 is 0 Å². The SMILES string of the molecule is C=C(CCC=C(C)C)[C@@]1(O)CC=C(C)CC1. The Kier molecular flexibility index (Phi) is 4.55. The summed E-state index contributed by atoms with van der Waals surface area (Å²) in [6.45, 7) is 10.4. The second-order valence-corrected chi connectivity index (χ2v) is 5.21. The van der Waals surface area contributed by atoms with E-state index in [-0.39, 0.29) is 0 Å². The van der Waals surface area contributed by atoms with E-state index in [0.717, 1.165) is 37.7 Å². The summed E-state index contributed by atoms with van der Waals surface area (Å²) in [5.41, 5.74) is 3.07. The lowest BCUT2D eigenvalue weighted by atomic mass is 9.79.